The lowest BCUT2D eigenvalue weighted by Gasteiger charge is -2.15. The Bertz CT molecular complexity index is 594. The molecule has 1 nitrogen and oxygen atoms in total. The molecule has 0 bridgehead atoms. The molecule has 0 aliphatic carbocycles. The summed E-state index contributed by atoms with van der Waals surface area (Å²) in [7, 11) is 0. The molecular formula is C26H40ClN. The van der Waals surface area contributed by atoms with Crippen LogP contribution in [-0.4, -0.2) is 0 Å². The number of rotatable bonds is 14. The van der Waals surface area contributed by atoms with Gasteiger partial charge in [0.05, 0.1) is 0 Å². The molecule has 2 aromatic rings. The highest BCUT2D eigenvalue weighted by Gasteiger charge is 2.13. The van der Waals surface area contributed by atoms with Crippen molar-refractivity contribution in [3.63, 3.8) is 0 Å². The molecule has 1 aromatic carbocycles. The fourth-order valence-electron chi connectivity index (χ4n) is 3.98. The first-order chi connectivity index (χ1) is 13.3. The van der Waals surface area contributed by atoms with Gasteiger partial charge in [0.1, 0.15) is 6.54 Å². The van der Waals surface area contributed by atoms with Crippen LogP contribution in [0.5, 0.6) is 0 Å². The first-order valence-corrected chi connectivity index (χ1v) is 11.4. The number of hydrogen-bond donors (Lipinski definition) is 0. The van der Waals surface area contributed by atoms with Gasteiger partial charge in [0.2, 0.25) is 0 Å². The Labute approximate surface area is 180 Å². The summed E-state index contributed by atoms with van der Waals surface area (Å²) >= 11 is 0. The van der Waals surface area contributed by atoms with E-state index >= 15 is 0 Å². The maximum Gasteiger partial charge on any atom is 0.169 e. The minimum atomic E-state index is 0. The zero-order valence-corrected chi connectivity index (χ0v) is 18.8. The smallest absolute Gasteiger partial charge is 0.169 e. The molecule has 0 N–H and O–H groups in total. The summed E-state index contributed by atoms with van der Waals surface area (Å²) in [5, 5.41) is 0. The molecule has 1 unspecified atom stereocenters. The molecule has 28 heavy (non-hydrogen) atoms. The van der Waals surface area contributed by atoms with Crippen LogP contribution in [0.3, 0.4) is 0 Å². The lowest BCUT2D eigenvalue weighted by atomic mass is 9.90. The molecule has 0 aliphatic rings. The monoisotopic (exact) mass is 401 g/mol. The van der Waals surface area contributed by atoms with Gasteiger partial charge >= 0.3 is 0 Å². The summed E-state index contributed by atoms with van der Waals surface area (Å²) in [5.41, 5.74) is 2.86. The van der Waals surface area contributed by atoms with E-state index in [0.717, 1.165) is 13.0 Å². The Morgan fingerprint density at radius 3 is 1.68 bits per heavy atom. The summed E-state index contributed by atoms with van der Waals surface area (Å²) < 4.78 is 2.35. The standard InChI is InChI=1S/C26H40N.ClH/c1-3-5-6-7-8-9-10-11-12-16-21-27-22-19-25(20-23-27)26(4-2)24-17-14-13-15-18-24;/h13-15,17-20,22-23,26H,3-12,16,21H2,1-2H3;1H/q+1;/p-1. The zero-order valence-electron chi connectivity index (χ0n) is 18.1. The fraction of sp³-hybridized carbons (Fsp3) is 0.577. The second-order valence-electron chi connectivity index (χ2n) is 7.92. The average Bonchev–Trinajstić information content (AvgIpc) is 2.72. The van der Waals surface area contributed by atoms with Crippen molar-refractivity contribution >= 4 is 0 Å². The van der Waals surface area contributed by atoms with Crippen molar-refractivity contribution in [2.75, 3.05) is 0 Å². The third kappa shape index (κ3) is 9.24. The van der Waals surface area contributed by atoms with Crippen LogP contribution in [0.2, 0.25) is 0 Å². The van der Waals surface area contributed by atoms with E-state index in [9.17, 15) is 0 Å². The Hall–Kier alpha value is -1.34. The maximum atomic E-state index is 2.35. The summed E-state index contributed by atoms with van der Waals surface area (Å²) in [6.45, 7) is 5.72. The second-order valence-corrected chi connectivity index (χ2v) is 7.92. The Morgan fingerprint density at radius 2 is 1.14 bits per heavy atom. The minimum absolute atomic E-state index is 0. The van der Waals surface area contributed by atoms with Crippen molar-refractivity contribution in [1.82, 2.24) is 0 Å². The van der Waals surface area contributed by atoms with E-state index in [2.05, 4.69) is 73.3 Å². The molecule has 0 radical (unpaired) electrons. The quantitative estimate of drug-likeness (QED) is 0.325. The van der Waals surface area contributed by atoms with Gasteiger partial charge in [0, 0.05) is 24.5 Å². The molecular weight excluding hydrogens is 362 g/mol. The molecule has 2 rings (SSSR count). The van der Waals surface area contributed by atoms with Gasteiger partial charge in [0.25, 0.3) is 0 Å². The fourth-order valence-corrected chi connectivity index (χ4v) is 3.98. The van der Waals surface area contributed by atoms with Crippen LogP contribution >= 0.6 is 0 Å². The number of benzene rings is 1. The van der Waals surface area contributed by atoms with Crippen molar-refractivity contribution < 1.29 is 17.0 Å². The number of unbranched alkanes of at least 4 members (excludes halogenated alkanes) is 9. The average molecular weight is 402 g/mol. The van der Waals surface area contributed by atoms with Crippen LogP contribution in [0.25, 0.3) is 0 Å². The van der Waals surface area contributed by atoms with E-state index < -0.39 is 0 Å². The normalized spacial score (nSPS) is 11.8. The van der Waals surface area contributed by atoms with Crippen molar-refractivity contribution in [3.05, 3.63) is 66.0 Å². The van der Waals surface area contributed by atoms with E-state index in [0.29, 0.717) is 5.92 Å². The van der Waals surface area contributed by atoms with Gasteiger partial charge in [0.15, 0.2) is 12.4 Å². The van der Waals surface area contributed by atoms with E-state index in [-0.39, 0.29) is 12.4 Å². The Morgan fingerprint density at radius 1 is 0.643 bits per heavy atom. The SMILES string of the molecule is CCCCCCCCCCCC[n+]1ccc(C(CC)c2ccccc2)cc1.[Cl-]. The van der Waals surface area contributed by atoms with Crippen LogP contribution in [0.15, 0.2) is 54.9 Å². The first-order valence-electron chi connectivity index (χ1n) is 11.4. The number of aryl methyl sites for hydroxylation is 1. The number of aromatic nitrogens is 1. The summed E-state index contributed by atoms with van der Waals surface area (Å²) in [4.78, 5) is 0. The van der Waals surface area contributed by atoms with E-state index in [1.807, 2.05) is 0 Å². The van der Waals surface area contributed by atoms with Gasteiger partial charge in [-0.05, 0) is 24.0 Å². The predicted molar refractivity (Wildman–Crippen MR) is 117 cm³/mol. The molecule has 0 amide bonds. The topological polar surface area (TPSA) is 3.88 Å². The van der Waals surface area contributed by atoms with Crippen LogP contribution in [-0.2, 0) is 6.54 Å². The maximum absolute atomic E-state index is 2.35. The number of hydrogen-bond acceptors (Lipinski definition) is 0. The Kier molecular flexibility index (Phi) is 13.7. The first kappa shape index (κ1) is 24.7. The highest BCUT2D eigenvalue weighted by Crippen LogP contribution is 2.26. The zero-order chi connectivity index (χ0) is 19.2. The van der Waals surface area contributed by atoms with Crippen LogP contribution in [0.1, 0.15) is 102 Å². The lowest BCUT2D eigenvalue weighted by molar-refractivity contribution is -0.697. The van der Waals surface area contributed by atoms with Gasteiger partial charge in [-0.2, -0.15) is 0 Å². The van der Waals surface area contributed by atoms with E-state index in [1.165, 1.54) is 75.3 Å². The van der Waals surface area contributed by atoms with Gasteiger partial charge in [-0.25, -0.2) is 4.57 Å². The molecule has 0 saturated heterocycles. The van der Waals surface area contributed by atoms with E-state index in [4.69, 9.17) is 0 Å². The summed E-state index contributed by atoms with van der Waals surface area (Å²) in [5.74, 6) is 0.512. The van der Waals surface area contributed by atoms with Crippen molar-refractivity contribution in [3.8, 4) is 0 Å². The predicted octanol–water partition coefficient (Wildman–Crippen LogP) is 4.44. The molecule has 1 atom stereocenters. The van der Waals surface area contributed by atoms with Gasteiger partial charge in [-0.3, -0.25) is 0 Å². The van der Waals surface area contributed by atoms with Gasteiger partial charge in [-0.1, -0.05) is 95.5 Å². The molecule has 156 valence electrons. The lowest BCUT2D eigenvalue weighted by Crippen LogP contribution is -3.00. The van der Waals surface area contributed by atoms with Crippen molar-refractivity contribution in [1.29, 1.82) is 0 Å². The highest BCUT2D eigenvalue weighted by atomic mass is 35.5. The number of halogens is 1. The van der Waals surface area contributed by atoms with Crippen LogP contribution < -0.4 is 17.0 Å². The molecule has 1 aromatic heterocycles. The van der Waals surface area contributed by atoms with Crippen LogP contribution in [0, 0.1) is 0 Å². The highest BCUT2D eigenvalue weighted by molar-refractivity contribution is 5.30. The van der Waals surface area contributed by atoms with Crippen LogP contribution in [0.4, 0.5) is 0 Å². The Balaban J connectivity index is 0.00000392. The molecule has 0 saturated carbocycles. The summed E-state index contributed by atoms with van der Waals surface area (Å²) in [6.07, 6.45) is 19.7. The van der Waals surface area contributed by atoms with Crippen molar-refractivity contribution in [2.45, 2.75) is 96.9 Å². The molecule has 1 heterocycles. The minimum Gasteiger partial charge on any atom is -1.00 e. The third-order valence-electron chi connectivity index (χ3n) is 5.70. The van der Waals surface area contributed by atoms with Gasteiger partial charge < -0.3 is 12.4 Å². The molecule has 0 fully saturated rings. The molecule has 2 heteroatoms. The van der Waals surface area contributed by atoms with Gasteiger partial charge in [-0.15, -0.1) is 0 Å². The largest absolute Gasteiger partial charge is 1.00 e. The number of pyridine rings is 1. The number of nitrogens with zero attached hydrogens (tertiary/aromatic N) is 1. The molecule has 0 spiro atoms. The summed E-state index contributed by atoms with van der Waals surface area (Å²) in [6, 6.07) is 15.5. The molecule has 0 aliphatic heterocycles. The third-order valence-corrected chi connectivity index (χ3v) is 5.70. The van der Waals surface area contributed by atoms with E-state index in [1.54, 1.807) is 0 Å². The second kappa shape index (κ2) is 15.6. The van der Waals surface area contributed by atoms with Crippen molar-refractivity contribution in [2.24, 2.45) is 0 Å².